The van der Waals surface area contributed by atoms with Crippen LogP contribution in [0.4, 0.5) is 0 Å². The van der Waals surface area contributed by atoms with Crippen LogP contribution in [-0.4, -0.2) is 44.9 Å². The lowest BCUT2D eigenvalue weighted by molar-refractivity contribution is 0.487. The lowest BCUT2D eigenvalue weighted by Crippen LogP contribution is -2.30. The van der Waals surface area contributed by atoms with Gasteiger partial charge in [0.05, 0.1) is 4.90 Å². The summed E-state index contributed by atoms with van der Waals surface area (Å²) in [6, 6.07) is 5.75. The number of hydrogen-bond acceptors (Lipinski definition) is 4. The molecule has 0 fully saturated rings. The molecule has 0 bridgehead atoms. The second-order valence-corrected chi connectivity index (χ2v) is 7.89. The molecule has 0 amide bonds. The Kier molecular flexibility index (Phi) is 7.73. The fraction of sp³-hybridized carbons (Fsp3) is 0.600. The van der Waals surface area contributed by atoms with E-state index in [9.17, 15) is 8.42 Å². The maximum absolute atomic E-state index is 12.7. The van der Waals surface area contributed by atoms with E-state index in [4.69, 9.17) is 0 Å². The van der Waals surface area contributed by atoms with Gasteiger partial charge in [-0.05, 0) is 36.4 Å². The molecule has 0 saturated carbocycles. The number of rotatable bonds is 9. The summed E-state index contributed by atoms with van der Waals surface area (Å²) in [4.78, 5) is 0.448. The van der Waals surface area contributed by atoms with Gasteiger partial charge in [0, 0.05) is 25.9 Å². The van der Waals surface area contributed by atoms with Crippen molar-refractivity contribution in [3.05, 3.63) is 29.3 Å². The third-order valence-corrected chi connectivity index (χ3v) is 5.92. The summed E-state index contributed by atoms with van der Waals surface area (Å²) in [7, 11) is -1.75. The summed E-state index contributed by atoms with van der Waals surface area (Å²) in [5, 5.41) is 3.23. The Morgan fingerprint density at radius 3 is 2.57 bits per heavy atom. The second-order valence-electron chi connectivity index (χ2n) is 4.90. The van der Waals surface area contributed by atoms with Crippen LogP contribution in [-0.2, 0) is 23.0 Å². The van der Waals surface area contributed by atoms with E-state index in [0.29, 0.717) is 24.4 Å². The average molecular weight is 331 g/mol. The number of benzene rings is 1. The Morgan fingerprint density at radius 1 is 1.29 bits per heavy atom. The van der Waals surface area contributed by atoms with Crippen molar-refractivity contribution in [1.82, 2.24) is 9.62 Å². The van der Waals surface area contributed by atoms with Gasteiger partial charge in [-0.15, -0.1) is 0 Å². The molecule has 6 heteroatoms. The Labute approximate surface area is 133 Å². The summed E-state index contributed by atoms with van der Waals surface area (Å²) in [6.45, 7) is 6.11. The smallest absolute Gasteiger partial charge is 0.243 e. The van der Waals surface area contributed by atoms with E-state index in [1.54, 1.807) is 18.8 Å². The van der Waals surface area contributed by atoms with Gasteiger partial charge in [0.1, 0.15) is 0 Å². The molecule has 4 nitrogen and oxygen atoms in total. The molecule has 0 unspecified atom stereocenters. The van der Waals surface area contributed by atoms with Gasteiger partial charge in [-0.1, -0.05) is 26.0 Å². The molecule has 1 N–H and O–H groups in total. The van der Waals surface area contributed by atoms with Crippen molar-refractivity contribution in [3.8, 4) is 0 Å². The van der Waals surface area contributed by atoms with Crippen LogP contribution < -0.4 is 5.32 Å². The Balaban J connectivity index is 3.12. The van der Waals surface area contributed by atoms with Crippen molar-refractivity contribution >= 4 is 21.8 Å². The Bertz CT molecular complexity index is 545. The maximum atomic E-state index is 12.7. The Hall–Kier alpha value is -0.560. The Morgan fingerprint density at radius 2 is 2.00 bits per heavy atom. The average Bonchev–Trinajstić information content (AvgIpc) is 2.50. The summed E-state index contributed by atoms with van der Waals surface area (Å²) in [6.07, 6.45) is 2.70. The van der Waals surface area contributed by atoms with Crippen molar-refractivity contribution in [1.29, 1.82) is 0 Å². The zero-order chi connectivity index (χ0) is 15.9. The molecule has 0 aliphatic rings. The molecule has 0 spiro atoms. The number of hydrogen-bond donors (Lipinski definition) is 1. The first-order chi connectivity index (χ1) is 9.97. The number of nitrogens with one attached hydrogen (secondary N) is 1. The lowest BCUT2D eigenvalue weighted by Gasteiger charge is -2.19. The largest absolute Gasteiger partial charge is 0.313 e. The van der Waals surface area contributed by atoms with Gasteiger partial charge in [-0.3, -0.25) is 0 Å². The van der Waals surface area contributed by atoms with E-state index >= 15 is 0 Å². The molecule has 0 radical (unpaired) electrons. The number of sulfonamides is 1. The van der Waals surface area contributed by atoms with E-state index < -0.39 is 10.0 Å². The van der Waals surface area contributed by atoms with Crippen LogP contribution in [0, 0.1) is 0 Å². The van der Waals surface area contributed by atoms with Crippen LogP contribution in [0.25, 0.3) is 0 Å². The first kappa shape index (κ1) is 18.5. The SMILES string of the molecule is CCNCc1ccc(CC)c(S(=O)(=O)N(C)CCSC)c1. The van der Waals surface area contributed by atoms with Crippen LogP contribution in [0.1, 0.15) is 25.0 Å². The topological polar surface area (TPSA) is 49.4 Å². The quantitative estimate of drug-likeness (QED) is 0.755. The van der Waals surface area contributed by atoms with Crippen LogP contribution >= 0.6 is 11.8 Å². The molecule has 120 valence electrons. The minimum atomic E-state index is -3.41. The van der Waals surface area contributed by atoms with Gasteiger partial charge < -0.3 is 5.32 Å². The monoisotopic (exact) mass is 330 g/mol. The highest BCUT2D eigenvalue weighted by atomic mass is 32.2. The van der Waals surface area contributed by atoms with Gasteiger partial charge in [0.15, 0.2) is 0 Å². The first-order valence-electron chi connectivity index (χ1n) is 7.25. The minimum Gasteiger partial charge on any atom is -0.313 e. The molecule has 1 rings (SSSR count). The van der Waals surface area contributed by atoms with E-state index in [1.807, 2.05) is 38.3 Å². The van der Waals surface area contributed by atoms with Crippen molar-refractivity contribution in [2.45, 2.75) is 31.7 Å². The van der Waals surface area contributed by atoms with Gasteiger partial charge in [0.2, 0.25) is 10.0 Å². The fourth-order valence-corrected chi connectivity index (χ4v) is 4.10. The number of aryl methyl sites for hydroxylation is 1. The highest BCUT2D eigenvalue weighted by molar-refractivity contribution is 7.98. The highest BCUT2D eigenvalue weighted by Gasteiger charge is 2.23. The van der Waals surface area contributed by atoms with Crippen molar-refractivity contribution < 1.29 is 8.42 Å². The van der Waals surface area contributed by atoms with Crippen molar-refractivity contribution in [3.63, 3.8) is 0 Å². The molecular weight excluding hydrogens is 304 g/mol. The summed E-state index contributed by atoms with van der Waals surface area (Å²) >= 11 is 1.65. The van der Waals surface area contributed by atoms with E-state index in [0.717, 1.165) is 23.4 Å². The van der Waals surface area contributed by atoms with Gasteiger partial charge in [-0.2, -0.15) is 11.8 Å². The standard InChI is InChI=1S/C15H26N2O2S2/c1-5-14-8-7-13(12-16-6-2)11-15(14)21(18,19)17(3)9-10-20-4/h7-8,11,16H,5-6,9-10,12H2,1-4H3. The normalized spacial score (nSPS) is 12.0. The predicted octanol–water partition coefficient (Wildman–Crippen LogP) is 2.34. The van der Waals surface area contributed by atoms with Crippen LogP contribution in [0.3, 0.4) is 0 Å². The van der Waals surface area contributed by atoms with E-state index in [2.05, 4.69) is 5.32 Å². The predicted molar refractivity (Wildman–Crippen MR) is 91.4 cm³/mol. The zero-order valence-corrected chi connectivity index (χ0v) is 15.0. The summed E-state index contributed by atoms with van der Waals surface area (Å²) in [5.74, 6) is 0.800. The van der Waals surface area contributed by atoms with Gasteiger partial charge >= 0.3 is 0 Å². The molecule has 0 heterocycles. The molecule has 1 aromatic carbocycles. The molecule has 0 aromatic heterocycles. The fourth-order valence-electron chi connectivity index (χ4n) is 2.02. The van der Waals surface area contributed by atoms with Gasteiger partial charge in [-0.25, -0.2) is 12.7 Å². The number of thioether (sulfide) groups is 1. The lowest BCUT2D eigenvalue weighted by atomic mass is 10.1. The van der Waals surface area contributed by atoms with Crippen molar-refractivity contribution in [2.24, 2.45) is 0 Å². The summed E-state index contributed by atoms with van der Waals surface area (Å²) < 4.78 is 26.9. The molecule has 0 aliphatic carbocycles. The van der Waals surface area contributed by atoms with Gasteiger partial charge in [0.25, 0.3) is 0 Å². The second kappa shape index (κ2) is 8.78. The third-order valence-electron chi connectivity index (χ3n) is 3.39. The molecule has 0 saturated heterocycles. The van der Waals surface area contributed by atoms with Crippen LogP contribution in [0.2, 0.25) is 0 Å². The summed E-state index contributed by atoms with van der Waals surface area (Å²) in [5.41, 5.74) is 1.89. The molecule has 21 heavy (non-hydrogen) atoms. The van der Waals surface area contributed by atoms with Crippen LogP contribution in [0.5, 0.6) is 0 Å². The van der Waals surface area contributed by atoms with E-state index in [1.165, 1.54) is 4.31 Å². The van der Waals surface area contributed by atoms with Crippen molar-refractivity contribution in [2.75, 3.05) is 32.1 Å². The number of nitrogens with zero attached hydrogens (tertiary/aromatic N) is 1. The molecule has 0 atom stereocenters. The maximum Gasteiger partial charge on any atom is 0.243 e. The zero-order valence-electron chi connectivity index (χ0n) is 13.3. The molecule has 1 aromatic rings. The highest BCUT2D eigenvalue weighted by Crippen LogP contribution is 2.22. The molecular formula is C15H26N2O2S2. The minimum absolute atomic E-state index is 0.448. The van der Waals surface area contributed by atoms with Crippen LogP contribution in [0.15, 0.2) is 23.1 Å². The molecule has 0 aliphatic heterocycles. The third kappa shape index (κ3) is 4.98. The first-order valence-corrected chi connectivity index (χ1v) is 10.1. The van der Waals surface area contributed by atoms with E-state index in [-0.39, 0.29) is 0 Å².